The second-order valence-corrected chi connectivity index (χ2v) is 4.56. The standard InChI is InChI=1S/C9H13NO3S/c1-6(11)3-7-5-14-8(12)4-10(2)9(7)13/h7H,3-5H2,1-2H3/t7-/m0/s1. The maximum atomic E-state index is 11.6. The van der Waals surface area contributed by atoms with Crippen molar-refractivity contribution in [2.45, 2.75) is 13.3 Å². The maximum Gasteiger partial charge on any atom is 0.227 e. The molecule has 1 aliphatic rings. The molecular formula is C9H13NO3S. The number of rotatable bonds is 2. The first-order valence-electron chi connectivity index (χ1n) is 4.40. The Hall–Kier alpha value is -0.840. The molecule has 1 atom stereocenters. The van der Waals surface area contributed by atoms with Crippen LogP contribution in [0.5, 0.6) is 0 Å². The molecular weight excluding hydrogens is 202 g/mol. The first-order valence-corrected chi connectivity index (χ1v) is 5.39. The van der Waals surface area contributed by atoms with Crippen LogP contribution in [0.15, 0.2) is 0 Å². The first kappa shape index (κ1) is 11.2. The molecule has 1 fully saturated rings. The summed E-state index contributed by atoms with van der Waals surface area (Å²) in [5, 5.41) is -0.00750. The number of thioether (sulfide) groups is 1. The Labute approximate surface area is 87.0 Å². The van der Waals surface area contributed by atoms with Gasteiger partial charge in [0.05, 0.1) is 12.5 Å². The molecule has 0 N–H and O–H groups in total. The molecule has 5 heteroatoms. The van der Waals surface area contributed by atoms with E-state index in [1.807, 2.05) is 0 Å². The summed E-state index contributed by atoms with van der Waals surface area (Å²) < 4.78 is 0. The minimum Gasteiger partial charge on any atom is -0.337 e. The second-order valence-electron chi connectivity index (χ2n) is 3.48. The molecule has 78 valence electrons. The van der Waals surface area contributed by atoms with Crippen LogP contribution in [0.25, 0.3) is 0 Å². The lowest BCUT2D eigenvalue weighted by Gasteiger charge is -2.17. The van der Waals surface area contributed by atoms with E-state index in [9.17, 15) is 14.4 Å². The van der Waals surface area contributed by atoms with E-state index < -0.39 is 0 Å². The normalized spacial score (nSPS) is 23.6. The van der Waals surface area contributed by atoms with Gasteiger partial charge in [0.2, 0.25) is 11.0 Å². The van der Waals surface area contributed by atoms with Crippen molar-refractivity contribution < 1.29 is 14.4 Å². The maximum absolute atomic E-state index is 11.6. The molecule has 1 amide bonds. The number of carbonyl (C=O) groups is 3. The van der Waals surface area contributed by atoms with Gasteiger partial charge in [-0.15, -0.1) is 0 Å². The zero-order chi connectivity index (χ0) is 10.7. The fourth-order valence-electron chi connectivity index (χ4n) is 1.39. The van der Waals surface area contributed by atoms with E-state index in [1.54, 1.807) is 7.05 Å². The van der Waals surface area contributed by atoms with Crippen LogP contribution in [0.4, 0.5) is 0 Å². The Morgan fingerprint density at radius 2 is 2.21 bits per heavy atom. The van der Waals surface area contributed by atoms with Crippen LogP contribution < -0.4 is 0 Å². The van der Waals surface area contributed by atoms with Crippen LogP contribution >= 0.6 is 11.8 Å². The monoisotopic (exact) mass is 215 g/mol. The highest BCUT2D eigenvalue weighted by molar-refractivity contribution is 8.13. The van der Waals surface area contributed by atoms with Crippen molar-refractivity contribution >= 4 is 28.6 Å². The molecule has 0 radical (unpaired) electrons. The third kappa shape index (κ3) is 2.83. The van der Waals surface area contributed by atoms with E-state index in [0.29, 0.717) is 5.75 Å². The van der Waals surface area contributed by atoms with Crippen LogP contribution in [0.2, 0.25) is 0 Å². The molecule has 0 bridgehead atoms. The molecule has 14 heavy (non-hydrogen) atoms. The number of ketones is 1. The highest BCUT2D eigenvalue weighted by Crippen LogP contribution is 2.20. The highest BCUT2D eigenvalue weighted by atomic mass is 32.2. The van der Waals surface area contributed by atoms with Gasteiger partial charge in [-0.05, 0) is 6.92 Å². The van der Waals surface area contributed by atoms with Crippen molar-refractivity contribution in [1.29, 1.82) is 0 Å². The van der Waals surface area contributed by atoms with Gasteiger partial charge in [0.1, 0.15) is 5.78 Å². The fraction of sp³-hybridized carbons (Fsp3) is 0.667. The summed E-state index contributed by atoms with van der Waals surface area (Å²) in [6.45, 7) is 1.61. The van der Waals surface area contributed by atoms with Crippen molar-refractivity contribution in [1.82, 2.24) is 4.90 Å². The summed E-state index contributed by atoms with van der Waals surface area (Å²) in [7, 11) is 1.60. The minimum absolute atomic E-state index is 0.00750. The molecule has 1 rings (SSSR count). The van der Waals surface area contributed by atoms with Crippen molar-refractivity contribution in [3.8, 4) is 0 Å². The summed E-state index contributed by atoms with van der Waals surface area (Å²) >= 11 is 1.14. The van der Waals surface area contributed by atoms with Crippen LogP contribution in [-0.4, -0.2) is 41.1 Å². The van der Waals surface area contributed by atoms with E-state index in [0.717, 1.165) is 11.8 Å². The predicted octanol–water partition coefficient (Wildman–Crippen LogP) is 0.314. The number of likely N-dealkylation sites (N-methyl/N-ethyl adjacent to an activating group) is 1. The van der Waals surface area contributed by atoms with E-state index in [1.165, 1.54) is 11.8 Å². The van der Waals surface area contributed by atoms with Gasteiger partial charge in [-0.25, -0.2) is 0 Å². The Morgan fingerprint density at radius 1 is 1.57 bits per heavy atom. The number of carbonyl (C=O) groups excluding carboxylic acids is 3. The lowest BCUT2D eigenvalue weighted by molar-refractivity contribution is -0.136. The number of hydrogen-bond donors (Lipinski definition) is 0. The third-order valence-corrected chi connectivity index (χ3v) is 3.09. The van der Waals surface area contributed by atoms with Gasteiger partial charge < -0.3 is 9.69 Å². The summed E-state index contributed by atoms with van der Waals surface area (Å²) in [6, 6.07) is 0. The molecule has 0 aliphatic carbocycles. The molecule has 1 saturated heterocycles. The molecule has 1 heterocycles. The smallest absolute Gasteiger partial charge is 0.227 e. The minimum atomic E-state index is -0.325. The summed E-state index contributed by atoms with van der Waals surface area (Å²) in [5.41, 5.74) is 0. The molecule has 1 aliphatic heterocycles. The zero-order valence-corrected chi connectivity index (χ0v) is 9.10. The van der Waals surface area contributed by atoms with Crippen molar-refractivity contribution in [3.05, 3.63) is 0 Å². The van der Waals surface area contributed by atoms with Gasteiger partial charge in [0.15, 0.2) is 0 Å². The molecule has 0 aromatic rings. The number of nitrogens with zero attached hydrogens (tertiary/aromatic N) is 1. The average Bonchev–Trinajstić information content (AvgIpc) is 2.18. The number of Topliss-reactive ketones (excluding diaryl/α,β-unsaturated/α-hetero) is 1. The summed E-state index contributed by atoms with van der Waals surface area (Å²) in [5.74, 6) is 0.000832. The largest absolute Gasteiger partial charge is 0.337 e. The number of hydrogen-bond acceptors (Lipinski definition) is 4. The van der Waals surface area contributed by atoms with Crippen molar-refractivity contribution in [3.63, 3.8) is 0 Å². The van der Waals surface area contributed by atoms with Crippen LogP contribution in [0.1, 0.15) is 13.3 Å². The lowest BCUT2D eigenvalue weighted by atomic mass is 10.0. The summed E-state index contributed by atoms with van der Waals surface area (Å²) in [4.78, 5) is 35.1. The molecule has 4 nitrogen and oxygen atoms in total. The predicted molar refractivity (Wildman–Crippen MR) is 53.9 cm³/mol. The first-order chi connectivity index (χ1) is 6.50. The Kier molecular flexibility index (Phi) is 3.69. The van der Waals surface area contributed by atoms with Gasteiger partial charge in [-0.1, -0.05) is 11.8 Å². The summed E-state index contributed by atoms with van der Waals surface area (Å²) in [6.07, 6.45) is 0.240. The Morgan fingerprint density at radius 3 is 2.79 bits per heavy atom. The van der Waals surface area contributed by atoms with Gasteiger partial charge in [-0.2, -0.15) is 0 Å². The van der Waals surface area contributed by atoms with E-state index in [4.69, 9.17) is 0 Å². The van der Waals surface area contributed by atoms with E-state index in [-0.39, 0.29) is 35.7 Å². The van der Waals surface area contributed by atoms with E-state index >= 15 is 0 Å². The highest BCUT2D eigenvalue weighted by Gasteiger charge is 2.28. The van der Waals surface area contributed by atoms with Gasteiger partial charge in [0.25, 0.3) is 0 Å². The third-order valence-electron chi connectivity index (χ3n) is 2.07. The molecule has 0 aromatic heterocycles. The number of amides is 1. The molecule has 0 spiro atoms. The molecule has 0 aromatic carbocycles. The van der Waals surface area contributed by atoms with Crippen molar-refractivity contribution in [2.24, 2.45) is 5.92 Å². The quantitative estimate of drug-likeness (QED) is 0.665. The Balaban J connectivity index is 2.70. The molecule has 0 unspecified atom stereocenters. The van der Waals surface area contributed by atoms with Gasteiger partial charge in [-0.3, -0.25) is 9.59 Å². The van der Waals surface area contributed by atoms with Gasteiger partial charge in [0, 0.05) is 19.2 Å². The molecule has 0 saturated carbocycles. The van der Waals surface area contributed by atoms with Crippen LogP contribution in [0.3, 0.4) is 0 Å². The lowest BCUT2D eigenvalue weighted by Crippen LogP contribution is -2.34. The van der Waals surface area contributed by atoms with Crippen LogP contribution in [0, 0.1) is 5.92 Å². The fourth-order valence-corrected chi connectivity index (χ4v) is 2.32. The topological polar surface area (TPSA) is 54.5 Å². The average molecular weight is 215 g/mol. The Bertz CT molecular complexity index is 277. The van der Waals surface area contributed by atoms with Crippen molar-refractivity contribution in [2.75, 3.05) is 19.3 Å². The second kappa shape index (κ2) is 4.59. The van der Waals surface area contributed by atoms with Crippen LogP contribution in [-0.2, 0) is 14.4 Å². The van der Waals surface area contributed by atoms with E-state index in [2.05, 4.69) is 0 Å². The van der Waals surface area contributed by atoms with Gasteiger partial charge >= 0.3 is 0 Å². The zero-order valence-electron chi connectivity index (χ0n) is 8.28. The SMILES string of the molecule is CC(=O)C[C@H]1CSC(=O)CN(C)C1=O.